The molecule has 0 N–H and O–H groups in total. The van der Waals surface area contributed by atoms with E-state index >= 15 is 0 Å². The third-order valence-corrected chi connectivity index (χ3v) is 2.72. The van der Waals surface area contributed by atoms with Gasteiger partial charge in [-0.3, -0.25) is 0 Å². The van der Waals surface area contributed by atoms with E-state index in [1.165, 1.54) is 0 Å². The summed E-state index contributed by atoms with van der Waals surface area (Å²) >= 11 is 1.68. The Balaban J connectivity index is 2.77. The van der Waals surface area contributed by atoms with Crippen molar-refractivity contribution in [2.45, 2.75) is 6.92 Å². The van der Waals surface area contributed by atoms with E-state index in [9.17, 15) is 0 Å². The summed E-state index contributed by atoms with van der Waals surface area (Å²) in [6, 6.07) is 2.03. The molecule has 0 amide bonds. The van der Waals surface area contributed by atoms with Crippen LogP contribution in [0.5, 0.6) is 0 Å². The van der Waals surface area contributed by atoms with Gasteiger partial charge in [-0.15, -0.1) is 11.3 Å². The smallest absolute Gasteiger partial charge is 0.149 e. The van der Waals surface area contributed by atoms with Crippen molar-refractivity contribution in [3.63, 3.8) is 0 Å². The quantitative estimate of drug-likeness (QED) is 0.694. The number of thiophene rings is 1. The largest absolute Gasteiger partial charge is 0.361 e. The lowest BCUT2D eigenvalue weighted by Gasteiger charge is -2.12. The number of nitrogens with zero attached hydrogens (tertiary/aromatic N) is 3. The molecule has 2 aromatic rings. The molecule has 0 saturated carbocycles. The first-order valence-corrected chi connectivity index (χ1v) is 4.95. The first-order chi connectivity index (χ1) is 6.18. The number of aryl methyl sites for hydroxylation is 1. The summed E-state index contributed by atoms with van der Waals surface area (Å²) in [4.78, 5) is 10.8. The van der Waals surface area contributed by atoms with Crippen LogP contribution in [0.1, 0.15) is 5.82 Å². The van der Waals surface area contributed by atoms with Crippen LogP contribution in [0.25, 0.3) is 10.2 Å². The molecule has 2 aromatic heterocycles. The molecule has 0 aliphatic rings. The third kappa shape index (κ3) is 1.37. The third-order valence-electron chi connectivity index (χ3n) is 1.82. The minimum atomic E-state index is 0.828. The first kappa shape index (κ1) is 8.44. The van der Waals surface area contributed by atoms with Crippen LogP contribution in [-0.4, -0.2) is 24.1 Å². The fraction of sp³-hybridized carbons (Fsp3) is 0.333. The van der Waals surface area contributed by atoms with Crippen molar-refractivity contribution in [3.8, 4) is 0 Å². The van der Waals surface area contributed by atoms with Gasteiger partial charge in [-0.2, -0.15) is 0 Å². The Bertz CT molecular complexity index is 433. The average Bonchev–Trinajstić information content (AvgIpc) is 2.49. The van der Waals surface area contributed by atoms with Crippen LogP contribution in [0, 0.1) is 6.92 Å². The molecule has 4 heteroatoms. The molecule has 2 rings (SSSR count). The lowest BCUT2D eigenvalue weighted by atomic mass is 10.4. The number of aromatic nitrogens is 2. The average molecular weight is 193 g/mol. The Hall–Kier alpha value is -1.16. The molecule has 68 valence electrons. The lowest BCUT2D eigenvalue weighted by Crippen LogP contribution is -2.11. The van der Waals surface area contributed by atoms with Crippen molar-refractivity contribution in [2.75, 3.05) is 19.0 Å². The highest BCUT2D eigenvalue weighted by Gasteiger charge is 2.07. The second-order valence-electron chi connectivity index (χ2n) is 3.12. The summed E-state index contributed by atoms with van der Waals surface area (Å²) in [6.45, 7) is 1.92. The molecule has 3 nitrogen and oxygen atoms in total. The lowest BCUT2D eigenvalue weighted by molar-refractivity contribution is 1.02. The summed E-state index contributed by atoms with van der Waals surface area (Å²) < 4.78 is 1.16. The predicted molar refractivity (Wildman–Crippen MR) is 56.5 cm³/mol. The highest BCUT2D eigenvalue weighted by Crippen LogP contribution is 2.27. The zero-order chi connectivity index (χ0) is 9.42. The van der Waals surface area contributed by atoms with Crippen LogP contribution in [0.15, 0.2) is 11.4 Å². The van der Waals surface area contributed by atoms with Gasteiger partial charge in [0.2, 0.25) is 0 Å². The normalized spacial score (nSPS) is 10.7. The minimum Gasteiger partial charge on any atom is -0.361 e. The first-order valence-electron chi connectivity index (χ1n) is 4.07. The Morgan fingerprint density at radius 1 is 1.31 bits per heavy atom. The van der Waals surface area contributed by atoms with Crippen molar-refractivity contribution >= 4 is 27.4 Å². The van der Waals surface area contributed by atoms with Gasteiger partial charge in [0, 0.05) is 14.1 Å². The number of rotatable bonds is 1. The molecular formula is C9H11N3S. The topological polar surface area (TPSA) is 29.0 Å². The van der Waals surface area contributed by atoms with E-state index in [4.69, 9.17) is 0 Å². The Morgan fingerprint density at radius 2 is 2.08 bits per heavy atom. The molecule has 0 unspecified atom stereocenters. The highest BCUT2D eigenvalue weighted by molar-refractivity contribution is 7.17. The van der Waals surface area contributed by atoms with E-state index in [2.05, 4.69) is 9.97 Å². The second kappa shape index (κ2) is 2.96. The Morgan fingerprint density at radius 3 is 2.77 bits per heavy atom. The van der Waals surface area contributed by atoms with E-state index in [0.29, 0.717) is 0 Å². The number of anilines is 1. The van der Waals surface area contributed by atoms with E-state index < -0.39 is 0 Å². The van der Waals surface area contributed by atoms with Crippen molar-refractivity contribution in [3.05, 3.63) is 17.3 Å². The van der Waals surface area contributed by atoms with Crippen LogP contribution in [0.3, 0.4) is 0 Å². The summed E-state index contributed by atoms with van der Waals surface area (Å²) in [6.07, 6.45) is 0. The molecule has 13 heavy (non-hydrogen) atoms. The van der Waals surface area contributed by atoms with Crippen LogP contribution in [0.2, 0.25) is 0 Å². The zero-order valence-electron chi connectivity index (χ0n) is 7.90. The van der Waals surface area contributed by atoms with Gasteiger partial charge >= 0.3 is 0 Å². The SMILES string of the molecule is Cc1nc(N(C)C)c2sccc2n1. The monoisotopic (exact) mass is 193 g/mol. The maximum Gasteiger partial charge on any atom is 0.149 e. The van der Waals surface area contributed by atoms with Gasteiger partial charge in [0.25, 0.3) is 0 Å². The molecule has 0 fully saturated rings. The standard InChI is InChI=1S/C9H11N3S/c1-6-10-7-4-5-13-8(7)9(11-6)12(2)3/h4-5H,1-3H3. The Kier molecular flexibility index (Phi) is 1.92. The van der Waals surface area contributed by atoms with Gasteiger partial charge in [-0.05, 0) is 18.4 Å². The highest BCUT2D eigenvalue weighted by atomic mass is 32.1. The van der Waals surface area contributed by atoms with Gasteiger partial charge in [-0.25, -0.2) is 9.97 Å². The van der Waals surface area contributed by atoms with Crippen LogP contribution < -0.4 is 4.90 Å². The van der Waals surface area contributed by atoms with Gasteiger partial charge < -0.3 is 4.90 Å². The molecule has 2 heterocycles. The summed E-state index contributed by atoms with van der Waals surface area (Å²) in [7, 11) is 4.00. The van der Waals surface area contributed by atoms with Gasteiger partial charge in [-0.1, -0.05) is 0 Å². The van der Waals surface area contributed by atoms with Gasteiger partial charge in [0.15, 0.2) is 0 Å². The fourth-order valence-corrected chi connectivity index (χ4v) is 2.17. The second-order valence-corrected chi connectivity index (χ2v) is 4.04. The number of hydrogen-bond donors (Lipinski definition) is 0. The molecule has 0 aliphatic carbocycles. The molecule has 0 radical (unpaired) electrons. The van der Waals surface area contributed by atoms with Crippen molar-refractivity contribution in [1.82, 2.24) is 9.97 Å². The van der Waals surface area contributed by atoms with E-state index in [-0.39, 0.29) is 0 Å². The molecule has 0 aromatic carbocycles. The predicted octanol–water partition coefficient (Wildman–Crippen LogP) is 2.07. The molecule has 0 spiro atoms. The Labute approximate surface area is 81.0 Å². The fourth-order valence-electron chi connectivity index (χ4n) is 1.26. The van der Waals surface area contributed by atoms with Crippen LogP contribution in [-0.2, 0) is 0 Å². The van der Waals surface area contributed by atoms with Crippen LogP contribution in [0.4, 0.5) is 5.82 Å². The minimum absolute atomic E-state index is 0.828. The summed E-state index contributed by atoms with van der Waals surface area (Å²) in [5.74, 6) is 1.84. The molecule has 0 saturated heterocycles. The maximum atomic E-state index is 4.40. The summed E-state index contributed by atoms with van der Waals surface area (Å²) in [5.41, 5.74) is 1.04. The van der Waals surface area contributed by atoms with E-state index in [1.54, 1.807) is 11.3 Å². The summed E-state index contributed by atoms with van der Waals surface area (Å²) in [5, 5.41) is 2.05. The zero-order valence-corrected chi connectivity index (χ0v) is 8.72. The molecule has 0 bridgehead atoms. The molecule has 0 aliphatic heterocycles. The van der Waals surface area contributed by atoms with Crippen molar-refractivity contribution < 1.29 is 0 Å². The van der Waals surface area contributed by atoms with E-state index in [1.807, 2.05) is 37.4 Å². The number of fused-ring (bicyclic) bond motifs is 1. The van der Waals surface area contributed by atoms with Crippen molar-refractivity contribution in [2.24, 2.45) is 0 Å². The van der Waals surface area contributed by atoms with Gasteiger partial charge in [0.05, 0.1) is 10.2 Å². The van der Waals surface area contributed by atoms with Crippen LogP contribution >= 0.6 is 11.3 Å². The van der Waals surface area contributed by atoms with E-state index in [0.717, 1.165) is 21.9 Å². The molecule has 0 atom stereocenters. The van der Waals surface area contributed by atoms with Crippen molar-refractivity contribution in [1.29, 1.82) is 0 Å². The molecular weight excluding hydrogens is 182 g/mol. The maximum absolute atomic E-state index is 4.40. The van der Waals surface area contributed by atoms with Gasteiger partial charge in [0.1, 0.15) is 11.6 Å². The number of hydrogen-bond acceptors (Lipinski definition) is 4.